The van der Waals surface area contributed by atoms with Gasteiger partial charge in [-0.15, -0.1) is 0 Å². The first-order valence-electron chi connectivity index (χ1n) is 6.28. The molecule has 2 aliphatic heterocycles. The van der Waals surface area contributed by atoms with Crippen molar-refractivity contribution in [1.82, 2.24) is 9.80 Å². The normalized spacial score (nSPS) is 27.7. The fourth-order valence-electron chi connectivity index (χ4n) is 2.69. The van der Waals surface area contributed by atoms with Crippen molar-refractivity contribution in [3.63, 3.8) is 0 Å². The molecule has 2 bridgehead atoms. The Kier molecular flexibility index (Phi) is 3.53. The number of nitrogens with zero attached hydrogens (tertiary/aromatic N) is 2. The highest BCUT2D eigenvalue weighted by Gasteiger charge is 2.47. The number of fused-ring (bicyclic) bond motifs is 2. The Hall–Kier alpha value is -0.845. The summed E-state index contributed by atoms with van der Waals surface area (Å²) in [4.78, 5) is 15.4. The number of amides is 1. The summed E-state index contributed by atoms with van der Waals surface area (Å²) in [6, 6.07) is 0.0973. The van der Waals surface area contributed by atoms with Gasteiger partial charge >= 0.3 is 13.4 Å². The fraction of sp³-hybridized carbons (Fsp3) is 0.909. The van der Waals surface area contributed by atoms with Crippen molar-refractivity contribution in [1.29, 1.82) is 0 Å². The van der Waals surface area contributed by atoms with E-state index in [0.717, 1.165) is 6.42 Å². The van der Waals surface area contributed by atoms with Crippen LogP contribution < -0.4 is 0 Å². The first kappa shape index (κ1) is 13.6. The number of hydrogen-bond donors (Lipinski definition) is 0. The van der Waals surface area contributed by atoms with E-state index in [-0.39, 0.29) is 24.6 Å². The molecule has 1 amide bonds. The smallest absolute Gasteiger partial charge is 0.444 e. The van der Waals surface area contributed by atoms with Crippen LogP contribution in [-0.4, -0.2) is 60.4 Å². The predicted octanol–water partition coefficient (Wildman–Crippen LogP) is 1.65. The molecule has 0 aromatic carbocycles. The van der Waals surface area contributed by atoms with E-state index in [9.17, 15) is 13.4 Å². The number of carbonyl (C=O) groups excluding carboxylic acids is 1. The summed E-state index contributed by atoms with van der Waals surface area (Å²) in [5.41, 5.74) is -0.512. The number of ether oxygens (including phenoxy) is 1. The van der Waals surface area contributed by atoms with E-state index in [4.69, 9.17) is 4.74 Å². The monoisotopic (exact) mass is 260 g/mol. The topological polar surface area (TPSA) is 32.8 Å². The molecule has 0 spiro atoms. The largest absolute Gasteiger partial charge is 0.551 e. The number of halogens is 2. The van der Waals surface area contributed by atoms with Crippen LogP contribution in [0.1, 0.15) is 27.2 Å². The van der Waals surface area contributed by atoms with Crippen molar-refractivity contribution < 1.29 is 18.2 Å². The Morgan fingerprint density at radius 2 is 2.00 bits per heavy atom. The van der Waals surface area contributed by atoms with Crippen LogP contribution >= 0.6 is 0 Å². The van der Waals surface area contributed by atoms with Gasteiger partial charge in [-0.05, 0) is 27.2 Å². The molecule has 2 rings (SSSR count). The zero-order valence-electron chi connectivity index (χ0n) is 11.0. The number of piperazine rings is 1. The number of rotatable bonds is 2. The maximum Gasteiger partial charge on any atom is 0.551 e. The first-order valence-corrected chi connectivity index (χ1v) is 6.28. The Morgan fingerprint density at radius 1 is 1.33 bits per heavy atom. The average molecular weight is 260 g/mol. The molecule has 0 aromatic rings. The zero-order chi connectivity index (χ0) is 13.5. The minimum atomic E-state index is -2.31. The van der Waals surface area contributed by atoms with Crippen molar-refractivity contribution in [2.75, 3.05) is 19.5 Å². The standard InChI is InChI=1S/C11H19BF2N2O2/c1-11(2,3)18-10(17)16-6-8-4-9(16)5-15(8)7-12(13)14/h8-9H,4-7H2,1-3H3. The third-order valence-corrected chi connectivity index (χ3v) is 3.35. The average Bonchev–Trinajstić information content (AvgIpc) is 2.72. The lowest BCUT2D eigenvalue weighted by molar-refractivity contribution is 0.0140. The number of likely N-dealkylation sites (tertiary alicyclic amines) is 2. The molecule has 2 heterocycles. The molecule has 7 heteroatoms. The van der Waals surface area contributed by atoms with Crippen LogP contribution in [0, 0.1) is 0 Å². The SMILES string of the molecule is CC(C)(C)OC(=O)N1CC2CC1CN2CB(F)F. The van der Waals surface area contributed by atoms with Crippen LogP contribution in [0.4, 0.5) is 13.4 Å². The predicted molar refractivity (Wildman–Crippen MR) is 64.7 cm³/mol. The van der Waals surface area contributed by atoms with E-state index >= 15 is 0 Å². The van der Waals surface area contributed by atoms with Crippen molar-refractivity contribution in [2.45, 2.75) is 44.9 Å². The third kappa shape index (κ3) is 2.94. The minimum absolute atomic E-state index is 0.0311. The lowest BCUT2D eigenvalue weighted by Gasteiger charge is -2.34. The van der Waals surface area contributed by atoms with Crippen LogP contribution in [0.25, 0.3) is 0 Å². The molecule has 0 aliphatic carbocycles. The van der Waals surface area contributed by atoms with Crippen LogP contribution in [-0.2, 0) is 4.74 Å². The highest BCUT2D eigenvalue weighted by molar-refractivity contribution is 6.42. The van der Waals surface area contributed by atoms with Gasteiger partial charge in [0.15, 0.2) is 0 Å². The Morgan fingerprint density at radius 3 is 2.44 bits per heavy atom. The fourth-order valence-corrected chi connectivity index (χ4v) is 2.69. The molecular formula is C11H19BF2N2O2. The van der Waals surface area contributed by atoms with Crippen molar-refractivity contribution in [2.24, 2.45) is 0 Å². The second-order valence-electron chi connectivity index (χ2n) is 6.02. The van der Waals surface area contributed by atoms with E-state index in [0.29, 0.717) is 13.1 Å². The van der Waals surface area contributed by atoms with Gasteiger partial charge in [0.25, 0.3) is 0 Å². The molecule has 0 saturated carbocycles. The van der Waals surface area contributed by atoms with Crippen LogP contribution in [0.2, 0.25) is 0 Å². The van der Waals surface area contributed by atoms with Gasteiger partial charge in [0.05, 0.1) is 0 Å². The van der Waals surface area contributed by atoms with E-state index < -0.39 is 12.9 Å². The molecule has 2 aliphatic rings. The van der Waals surface area contributed by atoms with E-state index in [2.05, 4.69) is 0 Å². The second-order valence-corrected chi connectivity index (χ2v) is 6.02. The molecule has 0 radical (unpaired) electrons. The van der Waals surface area contributed by atoms with Crippen molar-refractivity contribution >= 4 is 13.4 Å². The van der Waals surface area contributed by atoms with Crippen LogP contribution in [0.15, 0.2) is 0 Å². The van der Waals surface area contributed by atoms with Crippen molar-refractivity contribution in [3.05, 3.63) is 0 Å². The lowest BCUT2D eigenvalue weighted by Crippen LogP contribution is -2.51. The van der Waals surface area contributed by atoms with Crippen LogP contribution in [0.5, 0.6) is 0 Å². The van der Waals surface area contributed by atoms with Gasteiger partial charge in [0.2, 0.25) is 0 Å². The lowest BCUT2D eigenvalue weighted by atomic mass is 9.98. The van der Waals surface area contributed by atoms with Gasteiger partial charge in [-0.2, -0.15) is 0 Å². The summed E-state index contributed by atoms with van der Waals surface area (Å²) in [6.07, 6.45) is 0.265. The molecular weight excluding hydrogens is 241 g/mol. The van der Waals surface area contributed by atoms with Gasteiger partial charge < -0.3 is 9.64 Å². The van der Waals surface area contributed by atoms with Gasteiger partial charge in [0.1, 0.15) is 5.60 Å². The molecule has 2 saturated heterocycles. The molecule has 0 N–H and O–H groups in total. The highest BCUT2D eigenvalue weighted by atomic mass is 19.2. The molecule has 0 aromatic heterocycles. The Labute approximate surface area is 106 Å². The summed E-state index contributed by atoms with van der Waals surface area (Å²) >= 11 is 0. The molecule has 102 valence electrons. The minimum Gasteiger partial charge on any atom is -0.444 e. The highest BCUT2D eigenvalue weighted by Crippen LogP contribution is 2.31. The quantitative estimate of drug-likeness (QED) is 0.708. The summed E-state index contributed by atoms with van der Waals surface area (Å²) in [7, 11) is -2.31. The second kappa shape index (κ2) is 4.68. The maximum absolute atomic E-state index is 12.3. The molecule has 18 heavy (non-hydrogen) atoms. The van der Waals surface area contributed by atoms with E-state index in [1.807, 2.05) is 20.8 Å². The van der Waals surface area contributed by atoms with Crippen molar-refractivity contribution in [3.8, 4) is 0 Å². The number of hydrogen-bond acceptors (Lipinski definition) is 3. The van der Waals surface area contributed by atoms with E-state index in [1.165, 1.54) is 0 Å². The summed E-state index contributed by atoms with van der Waals surface area (Å²) in [6.45, 7) is 6.51. The van der Waals surface area contributed by atoms with Crippen LogP contribution in [0.3, 0.4) is 0 Å². The summed E-state index contributed by atoms with van der Waals surface area (Å²) in [5, 5.41) is 0. The first-order chi connectivity index (χ1) is 8.26. The van der Waals surface area contributed by atoms with Gasteiger partial charge in [-0.1, -0.05) is 0 Å². The molecule has 2 unspecified atom stereocenters. The number of carbonyl (C=O) groups is 1. The molecule has 2 atom stereocenters. The molecule has 4 nitrogen and oxygen atoms in total. The molecule has 2 fully saturated rings. The Balaban J connectivity index is 1.89. The third-order valence-electron chi connectivity index (χ3n) is 3.35. The zero-order valence-corrected chi connectivity index (χ0v) is 11.0. The van der Waals surface area contributed by atoms with Gasteiger partial charge in [0, 0.05) is 31.6 Å². The Bertz CT molecular complexity index is 335. The maximum atomic E-state index is 12.3. The van der Waals surface area contributed by atoms with Gasteiger partial charge in [-0.3, -0.25) is 13.5 Å². The summed E-state index contributed by atoms with van der Waals surface area (Å²) in [5.74, 6) is 0. The van der Waals surface area contributed by atoms with Gasteiger partial charge in [-0.25, -0.2) is 4.79 Å². The van der Waals surface area contributed by atoms with E-state index in [1.54, 1.807) is 9.80 Å². The summed E-state index contributed by atoms with van der Waals surface area (Å²) < 4.78 is 30.0.